The fourth-order valence-electron chi connectivity index (χ4n) is 0.764. The molecule has 0 saturated heterocycles. The fourth-order valence-corrected chi connectivity index (χ4v) is 1.25. The van der Waals surface area contributed by atoms with Gasteiger partial charge in [0.1, 0.15) is 6.11 Å². The maximum Gasteiger partial charge on any atom is 0.353 e. The van der Waals surface area contributed by atoms with Gasteiger partial charge in [0, 0.05) is 5.02 Å². The van der Waals surface area contributed by atoms with E-state index in [1.807, 2.05) is 0 Å². The summed E-state index contributed by atoms with van der Waals surface area (Å²) >= 11 is 11.3. The first-order valence-electron chi connectivity index (χ1n) is 3.27. The molecule has 0 N–H and O–H groups in total. The van der Waals surface area contributed by atoms with Crippen molar-refractivity contribution in [3.63, 3.8) is 0 Å². The predicted octanol–water partition coefficient (Wildman–Crippen LogP) is 2.74. The summed E-state index contributed by atoms with van der Waals surface area (Å²) in [5.74, 6) is -0.663. The Labute approximate surface area is 85.4 Å². The quantitative estimate of drug-likeness (QED) is 0.531. The van der Waals surface area contributed by atoms with E-state index >= 15 is 0 Å². The zero-order valence-corrected chi connectivity index (χ0v) is 7.89. The Hall–Kier alpha value is -1.17. The van der Waals surface area contributed by atoms with Crippen LogP contribution in [0.15, 0.2) is 18.2 Å². The summed E-state index contributed by atoms with van der Waals surface area (Å²) in [4.78, 5) is 11.1. The summed E-state index contributed by atoms with van der Waals surface area (Å²) in [6.45, 7) is 0. The van der Waals surface area contributed by atoms with Crippen LogP contribution >= 0.6 is 23.2 Å². The highest BCUT2D eigenvalue weighted by atomic mass is 35.5. The highest BCUT2D eigenvalue weighted by Crippen LogP contribution is 2.21. The van der Waals surface area contributed by atoms with Gasteiger partial charge >= 0.3 is 5.97 Å². The standard InChI is InChI=1S/C9H4Cl2O2/c1-2-13-9(12)7-4-3-6(10)5-8(7)11/h1,3-5H. The van der Waals surface area contributed by atoms with E-state index in [4.69, 9.17) is 29.6 Å². The van der Waals surface area contributed by atoms with Gasteiger partial charge in [-0.25, -0.2) is 4.79 Å². The van der Waals surface area contributed by atoms with E-state index in [2.05, 4.69) is 4.74 Å². The molecule has 0 saturated carbocycles. The van der Waals surface area contributed by atoms with Crippen molar-refractivity contribution in [2.75, 3.05) is 0 Å². The van der Waals surface area contributed by atoms with E-state index < -0.39 is 5.97 Å². The third-order valence-corrected chi connectivity index (χ3v) is 1.85. The highest BCUT2D eigenvalue weighted by Gasteiger charge is 2.10. The lowest BCUT2D eigenvalue weighted by Gasteiger charge is -2.00. The first kappa shape index (κ1) is 9.91. The molecule has 0 aliphatic rings. The van der Waals surface area contributed by atoms with E-state index in [9.17, 15) is 4.79 Å². The third kappa shape index (κ3) is 2.38. The predicted molar refractivity (Wildman–Crippen MR) is 50.7 cm³/mol. The maximum absolute atomic E-state index is 11.1. The second-order valence-corrected chi connectivity index (χ2v) is 2.98. The fraction of sp³-hybridized carbons (Fsp3) is 0. The molecule has 1 rings (SSSR count). The first-order chi connectivity index (χ1) is 6.15. The Morgan fingerprint density at radius 1 is 1.46 bits per heavy atom. The molecule has 0 bridgehead atoms. The van der Waals surface area contributed by atoms with Crippen molar-refractivity contribution in [2.24, 2.45) is 0 Å². The van der Waals surface area contributed by atoms with Crippen LogP contribution in [0.5, 0.6) is 0 Å². The van der Waals surface area contributed by atoms with Crippen LogP contribution < -0.4 is 0 Å². The van der Waals surface area contributed by atoms with Gasteiger partial charge in [0.15, 0.2) is 0 Å². The summed E-state index contributed by atoms with van der Waals surface area (Å²) in [5, 5.41) is 0.662. The zero-order valence-electron chi connectivity index (χ0n) is 6.38. The minimum atomic E-state index is -0.663. The van der Waals surface area contributed by atoms with Crippen LogP contribution in [-0.2, 0) is 4.74 Å². The van der Waals surface area contributed by atoms with Crippen molar-refractivity contribution in [1.29, 1.82) is 0 Å². The number of terminal acetylenes is 1. The van der Waals surface area contributed by atoms with E-state index in [-0.39, 0.29) is 10.6 Å². The van der Waals surface area contributed by atoms with Gasteiger partial charge in [0.05, 0.1) is 10.6 Å². The van der Waals surface area contributed by atoms with Crippen LogP contribution in [-0.4, -0.2) is 5.97 Å². The number of ether oxygens (including phenoxy) is 1. The molecule has 1 aromatic carbocycles. The number of carbonyl (C=O) groups excluding carboxylic acids is 1. The molecule has 0 amide bonds. The minimum absolute atomic E-state index is 0.198. The number of esters is 1. The molecule has 0 unspecified atom stereocenters. The van der Waals surface area contributed by atoms with Gasteiger partial charge in [0.2, 0.25) is 0 Å². The SMILES string of the molecule is C#COC(=O)c1ccc(Cl)cc1Cl. The van der Waals surface area contributed by atoms with Crippen LogP contribution in [0.2, 0.25) is 10.0 Å². The Balaban J connectivity index is 3.03. The van der Waals surface area contributed by atoms with E-state index in [0.29, 0.717) is 5.02 Å². The molecule has 0 aliphatic carbocycles. The molecule has 2 nitrogen and oxygen atoms in total. The molecule has 0 aliphatic heterocycles. The lowest BCUT2D eigenvalue weighted by molar-refractivity contribution is 0.0691. The van der Waals surface area contributed by atoms with Crippen molar-refractivity contribution >= 4 is 29.2 Å². The number of hydrogen-bond donors (Lipinski definition) is 0. The minimum Gasteiger partial charge on any atom is -0.369 e. The Morgan fingerprint density at radius 3 is 2.69 bits per heavy atom. The maximum atomic E-state index is 11.1. The first-order valence-corrected chi connectivity index (χ1v) is 4.02. The van der Waals surface area contributed by atoms with Crippen LogP contribution in [0.4, 0.5) is 0 Å². The molecular formula is C9H4Cl2O2. The summed E-state index contributed by atoms with van der Waals surface area (Å²) in [6, 6.07) is 4.42. The lowest BCUT2D eigenvalue weighted by Crippen LogP contribution is -2.01. The third-order valence-electron chi connectivity index (χ3n) is 1.30. The largest absolute Gasteiger partial charge is 0.369 e. The number of carbonyl (C=O) groups is 1. The van der Waals surface area contributed by atoms with Crippen LogP contribution in [0.1, 0.15) is 10.4 Å². The summed E-state index contributed by atoms with van der Waals surface area (Å²) in [6.07, 6.45) is 6.55. The number of benzene rings is 1. The summed E-state index contributed by atoms with van der Waals surface area (Å²) in [5.41, 5.74) is 0.198. The monoisotopic (exact) mass is 214 g/mol. The Morgan fingerprint density at radius 2 is 2.15 bits per heavy atom. The summed E-state index contributed by atoms with van der Waals surface area (Å²) < 4.78 is 4.31. The topological polar surface area (TPSA) is 26.3 Å². The molecule has 0 spiro atoms. The molecule has 0 atom stereocenters. The highest BCUT2D eigenvalue weighted by molar-refractivity contribution is 6.36. The molecule has 0 fully saturated rings. The smallest absolute Gasteiger partial charge is 0.353 e. The lowest BCUT2D eigenvalue weighted by atomic mass is 10.2. The molecule has 0 aromatic heterocycles. The average molecular weight is 215 g/mol. The average Bonchev–Trinajstić information content (AvgIpc) is 2.04. The Bertz CT molecular complexity index is 380. The second-order valence-electron chi connectivity index (χ2n) is 2.13. The molecule has 4 heteroatoms. The molecule has 13 heavy (non-hydrogen) atoms. The molecule has 0 heterocycles. The van der Waals surface area contributed by atoms with Gasteiger partial charge in [-0.2, -0.15) is 0 Å². The molecular weight excluding hydrogens is 211 g/mol. The molecule has 0 radical (unpaired) electrons. The summed E-state index contributed by atoms with van der Waals surface area (Å²) in [7, 11) is 0. The van der Waals surface area contributed by atoms with Gasteiger partial charge < -0.3 is 4.74 Å². The molecule has 1 aromatic rings. The zero-order chi connectivity index (χ0) is 9.84. The normalized spacial score (nSPS) is 9.00. The molecule has 66 valence electrons. The number of hydrogen-bond acceptors (Lipinski definition) is 2. The van der Waals surface area contributed by atoms with Crippen LogP contribution in [0.3, 0.4) is 0 Å². The van der Waals surface area contributed by atoms with Crippen LogP contribution in [0, 0.1) is 12.5 Å². The van der Waals surface area contributed by atoms with Crippen molar-refractivity contribution in [1.82, 2.24) is 0 Å². The van der Waals surface area contributed by atoms with Crippen molar-refractivity contribution < 1.29 is 9.53 Å². The van der Waals surface area contributed by atoms with Crippen molar-refractivity contribution in [2.45, 2.75) is 0 Å². The van der Waals surface area contributed by atoms with Crippen LogP contribution in [0.25, 0.3) is 0 Å². The number of rotatable bonds is 1. The van der Waals surface area contributed by atoms with Crippen molar-refractivity contribution in [3.05, 3.63) is 33.8 Å². The Kier molecular flexibility index (Phi) is 3.18. The van der Waals surface area contributed by atoms with Gasteiger partial charge in [-0.1, -0.05) is 29.6 Å². The van der Waals surface area contributed by atoms with Gasteiger partial charge in [-0.15, -0.1) is 0 Å². The van der Waals surface area contributed by atoms with Gasteiger partial charge in [-0.05, 0) is 18.2 Å². The second kappa shape index (κ2) is 4.18. The van der Waals surface area contributed by atoms with E-state index in [1.54, 1.807) is 6.11 Å². The van der Waals surface area contributed by atoms with Crippen molar-refractivity contribution in [3.8, 4) is 12.5 Å². The number of halogens is 2. The van der Waals surface area contributed by atoms with Gasteiger partial charge in [-0.3, -0.25) is 0 Å². The van der Waals surface area contributed by atoms with Gasteiger partial charge in [0.25, 0.3) is 0 Å². The van der Waals surface area contributed by atoms with E-state index in [0.717, 1.165) is 0 Å². The van der Waals surface area contributed by atoms with E-state index in [1.165, 1.54) is 18.2 Å².